The smallest absolute Gasteiger partial charge is 0.312 e. The van der Waals surface area contributed by atoms with Gasteiger partial charge in [0, 0.05) is 25.5 Å². The topological polar surface area (TPSA) is 87.5 Å². The Morgan fingerprint density at radius 1 is 0.878 bits per heavy atom. The quantitative estimate of drug-likeness (QED) is 0.227. The molecule has 5 aliphatic rings. The van der Waals surface area contributed by atoms with Gasteiger partial charge in [-0.25, -0.2) is 4.68 Å². The van der Waals surface area contributed by atoms with Crippen molar-refractivity contribution in [3.8, 4) is 0 Å². The average Bonchev–Trinajstić information content (AvgIpc) is 3.67. The molecule has 49 heavy (non-hydrogen) atoms. The first kappa shape index (κ1) is 34.2. The minimum absolute atomic E-state index is 0.00127. The normalized spacial score (nSPS) is 40.5. The molecule has 1 aromatic carbocycles. The summed E-state index contributed by atoms with van der Waals surface area (Å²) >= 11 is 0. The Morgan fingerprint density at radius 2 is 1.61 bits per heavy atom. The van der Waals surface area contributed by atoms with Crippen LogP contribution in [0, 0.1) is 51.2 Å². The lowest BCUT2D eigenvalue weighted by molar-refractivity contribution is -0.231. The van der Waals surface area contributed by atoms with E-state index in [1.165, 1.54) is 17.2 Å². The number of nitrogens with zero attached hydrogens (tertiary/aromatic N) is 2. The zero-order valence-electron chi connectivity index (χ0n) is 30.8. The van der Waals surface area contributed by atoms with Crippen LogP contribution in [-0.4, -0.2) is 34.2 Å². The number of hydrogen-bond donors (Lipinski definition) is 0. The zero-order valence-corrected chi connectivity index (χ0v) is 30.8. The van der Waals surface area contributed by atoms with Gasteiger partial charge in [0.05, 0.1) is 11.1 Å². The van der Waals surface area contributed by atoms with Crippen LogP contribution >= 0.6 is 0 Å². The summed E-state index contributed by atoms with van der Waals surface area (Å²) in [5.41, 5.74) is 3.35. The summed E-state index contributed by atoms with van der Waals surface area (Å²) < 4.78 is 13.5. The number of esters is 2. The molecular weight excluding hydrogens is 612 g/mol. The Balaban J connectivity index is 1.25. The van der Waals surface area contributed by atoms with E-state index in [-0.39, 0.29) is 52.5 Å². The first-order valence-electron chi connectivity index (χ1n) is 18.7. The van der Waals surface area contributed by atoms with E-state index >= 15 is 0 Å². The van der Waals surface area contributed by atoms with Gasteiger partial charge in [0.2, 0.25) is 5.91 Å². The minimum Gasteiger partial charge on any atom is -0.465 e. The van der Waals surface area contributed by atoms with E-state index in [1.54, 1.807) is 6.92 Å². The number of hydrogen-bond acceptors (Lipinski definition) is 6. The third-order valence-electron chi connectivity index (χ3n) is 15.5. The second kappa shape index (κ2) is 11.7. The fourth-order valence-electron chi connectivity index (χ4n) is 13.2. The molecule has 0 spiro atoms. The van der Waals surface area contributed by atoms with Gasteiger partial charge in [-0.1, -0.05) is 70.2 Å². The van der Waals surface area contributed by atoms with Crippen LogP contribution in [0.2, 0.25) is 0 Å². The molecule has 0 saturated heterocycles. The molecule has 0 bridgehead atoms. The van der Waals surface area contributed by atoms with Crippen molar-refractivity contribution in [1.82, 2.24) is 9.78 Å². The third-order valence-corrected chi connectivity index (χ3v) is 15.5. The molecule has 0 N–H and O–H groups in total. The number of fused-ring (bicyclic) bond motifs is 8. The molecular formula is C42H56N2O5. The largest absolute Gasteiger partial charge is 0.465 e. The monoisotopic (exact) mass is 668 g/mol. The van der Waals surface area contributed by atoms with Crippen LogP contribution in [0.3, 0.4) is 0 Å². The van der Waals surface area contributed by atoms with Gasteiger partial charge in [-0.15, -0.1) is 0 Å². The number of allylic oxidation sites excluding steroid dienone is 1. The highest BCUT2D eigenvalue weighted by Gasteiger charge is 2.72. The van der Waals surface area contributed by atoms with Crippen LogP contribution in [0.4, 0.5) is 0 Å². The molecule has 7 nitrogen and oxygen atoms in total. The van der Waals surface area contributed by atoms with Crippen molar-refractivity contribution >= 4 is 17.8 Å². The number of ether oxygens (including phenoxy) is 2. The molecule has 1 heterocycles. The number of carbonyl (C=O) groups excluding carboxylic acids is 3. The third kappa shape index (κ3) is 4.87. The van der Waals surface area contributed by atoms with Crippen molar-refractivity contribution < 1.29 is 23.9 Å². The molecule has 4 fully saturated rings. The van der Waals surface area contributed by atoms with E-state index < -0.39 is 10.8 Å². The Bertz CT molecular complexity index is 1680. The molecule has 10 atom stereocenters. The summed E-state index contributed by atoms with van der Waals surface area (Å²) in [7, 11) is 0. The number of aromatic nitrogens is 2. The van der Waals surface area contributed by atoms with Crippen molar-refractivity contribution in [2.45, 2.75) is 118 Å². The minimum atomic E-state index is -0.492. The van der Waals surface area contributed by atoms with Crippen LogP contribution in [0.1, 0.15) is 121 Å². The van der Waals surface area contributed by atoms with Gasteiger partial charge in [0.1, 0.15) is 13.2 Å². The molecule has 5 aliphatic carbocycles. The van der Waals surface area contributed by atoms with Crippen molar-refractivity contribution in [2.75, 3.05) is 6.61 Å². The van der Waals surface area contributed by atoms with Crippen LogP contribution in [-0.2, 0) is 37.5 Å². The second-order valence-corrected chi connectivity index (χ2v) is 17.7. The van der Waals surface area contributed by atoms with Crippen molar-refractivity contribution in [3.63, 3.8) is 0 Å². The summed E-state index contributed by atoms with van der Waals surface area (Å²) in [5, 5.41) is 4.85. The molecule has 264 valence electrons. The summed E-state index contributed by atoms with van der Waals surface area (Å²) in [6, 6.07) is 10.0. The van der Waals surface area contributed by atoms with E-state index in [9.17, 15) is 14.4 Å². The van der Waals surface area contributed by atoms with Crippen LogP contribution in [0.5, 0.6) is 0 Å². The Morgan fingerprint density at radius 3 is 2.29 bits per heavy atom. The molecule has 0 amide bonds. The Labute approximate surface area is 292 Å². The predicted octanol–water partition coefficient (Wildman–Crippen LogP) is 8.50. The molecule has 0 aliphatic heterocycles. The molecule has 0 radical (unpaired) electrons. The highest BCUT2D eigenvalue weighted by molar-refractivity contribution is 5.78. The van der Waals surface area contributed by atoms with Crippen molar-refractivity contribution in [1.29, 1.82) is 0 Å². The molecule has 7 rings (SSSR count). The summed E-state index contributed by atoms with van der Waals surface area (Å²) in [6.45, 7) is 20.1. The fraction of sp³-hybridized carbons (Fsp3) is 0.667. The number of rotatable bonds is 6. The lowest BCUT2D eigenvalue weighted by Crippen LogP contribution is -2.67. The average molecular weight is 669 g/mol. The maximum atomic E-state index is 14.4. The number of benzene rings is 1. The molecule has 1 aromatic heterocycles. The summed E-state index contributed by atoms with van der Waals surface area (Å²) in [6.07, 6.45) is 10.8. The fourth-order valence-corrected chi connectivity index (χ4v) is 13.2. The van der Waals surface area contributed by atoms with Gasteiger partial charge < -0.3 is 9.47 Å². The zero-order chi connectivity index (χ0) is 35.1. The SMILES string of the molecule is C=C(C)[C@@H]1CC[C@]2(C(=O)OCc3ccccc3)CC[C@]3(C)[C@H](CC[C@@H]4[C@@]5(C)Cc6cn(C(C)=O)nc6[C@@](C)(COC(C)=O)[C@@H]5CC[C@]43C)[C@@H]12. The van der Waals surface area contributed by atoms with E-state index in [4.69, 9.17) is 14.6 Å². The Hall–Kier alpha value is -3.22. The van der Waals surface area contributed by atoms with Crippen molar-refractivity contribution in [2.24, 2.45) is 51.2 Å². The molecule has 7 heteroatoms. The Kier molecular flexibility index (Phi) is 8.15. The molecule has 2 aromatic rings. The van der Waals surface area contributed by atoms with E-state index in [0.717, 1.165) is 74.6 Å². The van der Waals surface area contributed by atoms with Gasteiger partial charge in [-0.05, 0) is 122 Å². The van der Waals surface area contributed by atoms with E-state index in [0.29, 0.717) is 24.4 Å². The maximum Gasteiger partial charge on any atom is 0.312 e. The summed E-state index contributed by atoms with van der Waals surface area (Å²) in [4.78, 5) is 39.1. The molecule has 4 saturated carbocycles. The van der Waals surface area contributed by atoms with Gasteiger partial charge in [0.25, 0.3) is 0 Å². The predicted molar refractivity (Wildman–Crippen MR) is 188 cm³/mol. The lowest BCUT2D eigenvalue weighted by atomic mass is 9.32. The highest BCUT2D eigenvalue weighted by Crippen LogP contribution is 2.77. The van der Waals surface area contributed by atoms with Gasteiger partial charge in [-0.3, -0.25) is 14.4 Å². The van der Waals surface area contributed by atoms with Gasteiger partial charge >= 0.3 is 11.9 Å². The van der Waals surface area contributed by atoms with Crippen LogP contribution in [0.25, 0.3) is 0 Å². The lowest BCUT2D eigenvalue weighted by Gasteiger charge is -2.72. The maximum absolute atomic E-state index is 14.4. The van der Waals surface area contributed by atoms with Crippen molar-refractivity contribution in [3.05, 3.63) is 65.5 Å². The standard InChI is InChI=1S/C42H56N2O5/c1-26(2)31-16-19-42(37(47)48-24-29-12-10-9-11-13-29)21-20-40(7)32(35(31)42)14-15-34-38(5)22-30-23-44(27(3)45)43-36(30)39(6,25-49-28(4)46)33(38)17-18-41(34,40)8/h9-13,23,31-35H,1,14-22,24-25H2,2-8H3/t31-,32+,33+,34+,35+,38-,39-,40+,41+,42-/m0/s1. The van der Waals surface area contributed by atoms with E-state index in [2.05, 4.69) is 41.2 Å². The number of carbonyl (C=O) groups is 3. The van der Waals surface area contributed by atoms with Crippen LogP contribution < -0.4 is 0 Å². The summed E-state index contributed by atoms with van der Waals surface area (Å²) in [5.74, 6) is 1.26. The van der Waals surface area contributed by atoms with Gasteiger partial charge in [-0.2, -0.15) is 5.10 Å². The van der Waals surface area contributed by atoms with Crippen LogP contribution in [0.15, 0.2) is 48.7 Å². The second-order valence-electron chi connectivity index (χ2n) is 17.7. The first-order chi connectivity index (χ1) is 23.1. The first-order valence-corrected chi connectivity index (χ1v) is 18.7. The van der Waals surface area contributed by atoms with E-state index in [1.807, 2.05) is 36.5 Å². The van der Waals surface area contributed by atoms with Gasteiger partial charge in [0.15, 0.2) is 0 Å². The molecule has 0 unspecified atom stereocenters. The highest BCUT2D eigenvalue weighted by atomic mass is 16.5.